The smallest absolute Gasteiger partial charge is 0.252 e. The van der Waals surface area contributed by atoms with Gasteiger partial charge in [0.15, 0.2) is 11.6 Å². The minimum absolute atomic E-state index is 0.151. The summed E-state index contributed by atoms with van der Waals surface area (Å²) in [6.45, 7) is 4.07. The molecule has 1 N–H and O–H groups in total. The summed E-state index contributed by atoms with van der Waals surface area (Å²) in [7, 11) is 1.42. The van der Waals surface area contributed by atoms with Crippen LogP contribution in [-0.4, -0.2) is 13.0 Å². The lowest BCUT2D eigenvalue weighted by atomic mass is 10.0. The van der Waals surface area contributed by atoms with Crippen LogP contribution in [0, 0.1) is 19.7 Å². The van der Waals surface area contributed by atoms with Gasteiger partial charge in [0.25, 0.3) is 5.91 Å². The number of amides is 1. The van der Waals surface area contributed by atoms with Crippen LogP contribution in [0.25, 0.3) is 0 Å². The molecule has 0 aromatic heterocycles. The molecule has 1 amide bonds. The summed E-state index contributed by atoms with van der Waals surface area (Å²) >= 11 is 0. The second-order valence-corrected chi connectivity index (χ2v) is 4.92. The number of ether oxygens (including phenoxy) is 1. The van der Waals surface area contributed by atoms with Crippen molar-refractivity contribution < 1.29 is 13.9 Å². The lowest BCUT2D eigenvalue weighted by Gasteiger charge is -2.11. The Balaban J connectivity index is 2.09. The first-order valence-corrected chi connectivity index (χ1v) is 6.69. The van der Waals surface area contributed by atoms with E-state index in [0.717, 1.165) is 11.1 Å². The molecule has 0 fully saturated rings. The van der Waals surface area contributed by atoms with E-state index in [1.807, 2.05) is 32.0 Å². The van der Waals surface area contributed by atoms with E-state index in [1.165, 1.54) is 13.2 Å². The number of methoxy groups -OCH3 is 1. The van der Waals surface area contributed by atoms with Gasteiger partial charge in [0.1, 0.15) is 0 Å². The number of hydrogen-bond donors (Lipinski definition) is 1. The van der Waals surface area contributed by atoms with Gasteiger partial charge in [0.2, 0.25) is 0 Å². The van der Waals surface area contributed by atoms with E-state index in [4.69, 9.17) is 4.74 Å². The van der Waals surface area contributed by atoms with Crippen molar-refractivity contribution in [2.75, 3.05) is 7.11 Å². The Morgan fingerprint density at radius 1 is 1.19 bits per heavy atom. The standard InChI is InChI=1S/C17H18FNO2/c1-11-5-4-6-12(2)16(11)17(20)19-10-13-7-8-15(21-3)14(18)9-13/h4-9H,10H2,1-3H3,(H,19,20). The second kappa shape index (κ2) is 6.39. The third kappa shape index (κ3) is 3.40. The molecule has 0 saturated heterocycles. The van der Waals surface area contributed by atoms with Crippen LogP contribution in [0.15, 0.2) is 36.4 Å². The average Bonchev–Trinajstić information content (AvgIpc) is 2.45. The Bertz CT molecular complexity index is 648. The van der Waals surface area contributed by atoms with Gasteiger partial charge in [-0.05, 0) is 42.7 Å². The molecule has 2 aromatic rings. The van der Waals surface area contributed by atoms with Crippen LogP contribution in [0.2, 0.25) is 0 Å². The summed E-state index contributed by atoms with van der Waals surface area (Å²) in [6, 6.07) is 10.4. The average molecular weight is 287 g/mol. The van der Waals surface area contributed by atoms with Gasteiger partial charge in [-0.25, -0.2) is 4.39 Å². The van der Waals surface area contributed by atoms with Gasteiger partial charge >= 0.3 is 0 Å². The van der Waals surface area contributed by atoms with Crippen LogP contribution >= 0.6 is 0 Å². The Morgan fingerprint density at radius 3 is 2.43 bits per heavy atom. The molecule has 2 aromatic carbocycles. The summed E-state index contributed by atoms with van der Waals surface area (Å²) in [5, 5.41) is 2.82. The monoisotopic (exact) mass is 287 g/mol. The van der Waals surface area contributed by atoms with Crippen molar-refractivity contribution in [1.82, 2.24) is 5.32 Å². The van der Waals surface area contributed by atoms with E-state index in [0.29, 0.717) is 11.1 Å². The molecule has 0 radical (unpaired) electrons. The highest BCUT2D eigenvalue weighted by Gasteiger charge is 2.11. The Labute approximate surface area is 123 Å². The highest BCUT2D eigenvalue weighted by molar-refractivity contribution is 5.96. The molecule has 0 heterocycles. The van der Waals surface area contributed by atoms with E-state index < -0.39 is 5.82 Å². The van der Waals surface area contributed by atoms with E-state index >= 15 is 0 Å². The molecule has 4 heteroatoms. The number of carbonyl (C=O) groups is 1. The molecule has 0 aliphatic heterocycles. The Kier molecular flexibility index (Phi) is 4.58. The van der Waals surface area contributed by atoms with Crippen molar-refractivity contribution in [3.05, 3.63) is 64.5 Å². The number of halogens is 1. The van der Waals surface area contributed by atoms with Gasteiger partial charge in [-0.15, -0.1) is 0 Å². The lowest BCUT2D eigenvalue weighted by molar-refractivity contribution is 0.0949. The fourth-order valence-corrected chi connectivity index (χ4v) is 2.26. The van der Waals surface area contributed by atoms with Gasteiger partial charge in [0.05, 0.1) is 7.11 Å². The maximum Gasteiger partial charge on any atom is 0.252 e. The van der Waals surface area contributed by atoms with Crippen LogP contribution in [0.3, 0.4) is 0 Å². The first kappa shape index (κ1) is 15.0. The van der Waals surface area contributed by atoms with E-state index in [-0.39, 0.29) is 18.2 Å². The van der Waals surface area contributed by atoms with Crippen LogP contribution in [0.1, 0.15) is 27.0 Å². The van der Waals surface area contributed by atoms with Crippen molar-refractivity contribution in [3.63, 3.8) is 0 Å². The number of benzene rings is 2. The maximum absolute atomic E-state index is 13.6. The fourth-order valence-electron chi connectivity index (χ4n) is 2.26. The highest BCUT2D eigenvalue weighted by atomic mass is 19.1. The maximum atomic E-state index is 13.6. The van der Waals surface area contributed by atoms with E-state index in [1.54, 1.807) is 12.1 Å². The molecule has 0 saturated carbocycles. The van der Waals surface area contributed by atoms with Gasteiger partial charge < -0.3 is 10.1 Å². The first-order valence-electron chi connectivity index (χ1n) is 6.69. The van der Waals surface area contributed by atoms with Gasteiger partial charge in [0, 0.05) is 12.1 Å². The molecule has 0 aliphatic carbocycles. The van der Waals surface area contributed by atoms with Gasteiger partial charge in [-0.3, -0.25) is 4.79 Å². The lowest BCUT2D eigenvalue weighted by Crippen LogP contribution is -2.24. The molecular weight excluding hydrogens is 269 g/mol. The zero-order chi connectivity index (χ0) is 15.4. The number of nitrogens with one attached hydrogen (secondary N) is 1. The summed E-state index contributed by atoms with van der Waals surface area (Å²) in [6.07, 6.45) is 0. The second-order valence-electron chi connectivity index (χ2n) is 4.92. The molecule has 0 spiro atoms. The molecule has 0 atom stereocenters. The van der Waals surface area contributed by atoms with Crippen LogP contribution in [0.4, 0.5) is 4.39 Å². The Hall–Kier alpha value is -2.36. The highest BCUT2D eigenvalue weighted by Crippen LogP contribution is 2.18. The van der Waals surface area contributed by atoms with Gasteiger partial charge in [-0.2, -0.15) is 0 Å². The predicted octanol–water partition coefficient (Wildman–Crippen LogP) is 3.38. The van der Waals surface area contributed by atoms with Gasteiger partial charge in [-0.1, -0.05) is 24.3 Å². The summed E-state index contributed by atoms with van der Waals surface area (Å²) < 4.78 is 18.5. The van der Waals surface area contributed by atoms with Crippen molar-refractivity contribution in [1.29, 1.82) is 0 Å². The first-order chi connectivity index (χ1) is 10.0. The Morgan fingerprint density at radius 2 is 1.86 bits per heavy atom. The number of carbonyl (C=O) groups excluding carboxylic acids is 1. The minimum Gasteiger partial charge on any atom is -0.494 e. The quantitative estimate of drug-likeness (QED) is 0.936. The predicted molar refractivity (Wildman–Crippen MR) is 80.0 cm³/mol. The van der Waals surface area contributed by atoms with Crippen LogP contribution < -0.4 is 10.1 Å². The van der Waals surface area contributed by atoms with E-state index in [2.05, 4.69) is 5.32 Å². The van der Waals surface area contributed by atoms with Crippen molar-refractivity contribution in [2.24, 2.45) is 0 Å². The third-order valence-corrected chi connectivity index (χ3v) is 3.38. The minimum atomic E-state index is -0.434. The SMILES string of the molecule is COc1ccc(CNC(=O)c2c(C)cccc2C)cc1F. The summed E-state index contributed by atoms with van der Waals surface area (Å²) in [5.74, 6) is -0.391. The van der Waals surface area contributed by atoms with Crippen molar-refractivity contribution in [2.45, 2.75) is 20.4 Å². The zero-order valence-electron chi connectivity index (χ0n) is 12.4. The fraction of sp³-hybridized carbons (Fsp3) is 0.235. The largest absolute Gasteiger partial charge is 0.494 e. The summed E-state index contributed by atoms with van der Waals surface area (Å²) in [4.78, 5) is 12.2. The molecule has 0 unspecified atom stereocenters. The van der Waals surface area contributed by atoms with Crippen LogP contribution in [0.5, 0.6) is 5.75 Å². The molecular formula is C17H18FNO2. The number of rotatable bonds is 4. The van der Waals surface area contributed by atoms with Crippen LogP contribution in [-0.2, 0) is 6.54 Å². The van der Waals surface area contributed by atoms with Crippen molar-refractivity contribution in [3.8, 4) is 5.75 Å². The normalized spacial score (nSPS) is 10.3. The zero-order valence-corrected chi connectivity index (χ0v) is 12.4. The molecule has 110 valence electrons. The molecule has 21 heavy (non-hydrogen) atoms. The van der Waals surface area contributed by atoms with Crippen molar-refractivity contribution >= 4 is 5.91 Å². The molecule has 3 nitrogen and oxygen atoms in total. The molecule has 0 bridgehead atoms. The number of hydrogen-bond acceptors (Lipinski definition) is 2. The summed E-state index contributed by atoms with van der Waals surface area (Å²) in [5.41, 5.74) is 3.21. The van der Waals surface area contributed by atoms with E-state index in [9.17, 15) is 9.18 Å². The topological polar surface area (TPSA) is 38.3 Å². The molecule has 0 aliphatic rings. The molecule has 2 rings (SSSR count). The third-order valence-electron chi connectivity index (χ3n) is 3.38. The number of aryl methyl sites for hydroxylation is 2.